The summed E-state index contributed by atoms with van der Waals surface area (Å²) in [4.78, 5) is 8.74. The van der Waals surface area contributed by atoms with Gasteiger partial charge in [0.05, 0.1) is 4.90 Å². The molecule has 4 aromatic rings. The molecule has 0 saturated heterocycles. The Hall–Kier alpha value is -3.25. The Bertz CT molecular complexity index is 1130. The predicted octanol–water partition coefficient (Wildman–Crippen LogP) is 5.20. The van der Waals surface area contributed by atoms with Gasteiger partial charge >= 0.3 is 0 Å². The second kappa shape index (κ2) is 8.86. The molecule has 1 N–H and O–H groups in total. The molecule has 31 heavy (non-hydrogen) atoms. The first-order chi connectivity index (χ1) is 15.0. The molecule has 0 fully saturated rings. The first kappa shape index (κ1) is 21.0. The van der Waals surface area contributed by atoms with Gasteiger partial charge in [0.25, 0.3) is 10.0 Å². The molecule has 0 bridgehead atoms. The zero-order valence-electron chi connectivity index (χ0n) is 17.1. The van der Waals surface area contributed by atoms with Gasteiger partial charge in [-0.2, -0.15) is 0 Å². The summed E-state index contributed by atoms with van der Waals surface area (Å²) in [5.41, 5.74) is 2.21. The number of rotatable bonds is 7. The third-order valence-corrected chi connectivity index (χ3v) is 6.37. The van der Waals surface area contributed by atoms with Crippen LogP contribution in [0.2, 0.25) is 0 Å². The van der Waals surface area contributed by atoms with Gasteiger partial charge in [-0.05, 0) is 35.7 Å². The Morgan fingerprint density at radius 3 is 1.39 bits per heavy atom. The summed E-state index contributed by atoms with van der Waals surface area (Å²) in [6.07, 6.45) is 0. The van der Waals surface area contributed by atoms with Crippen LogP contribution < -0.4 is 4.89 Å². The van der Waals surface area contributed by atoms with E-state index in [-0.39, 0.29) is 4.90 Å². The fourth-order valence-electron chi connectivity index (χ4n) is 3.58. The molecule has 0 heterocycles. The maximum Gasteiger partial charge on any atom is 0.262 e. The van der Waals surface area contributed by atoms with Crippen LogP contribution in [0, 0.1) is 6.92 Å². The van der Waals surface area contributed by atoms with Gasteiger partial charge in [-0.3, -0.25) is 4.84 Å². The Morgan fingerprint density at radius 2 is 1.00 bits per heavy atom. The van der Waals surface area contributed by atoms with Crippen molar-refractivity contribution >= 4 is 10.0 Å². The van der Waals surface area contributed by atoms with E-state index in [2.05, 4.69) is 4.89 Å². The first-order valence-electron chi connectivity index (χ1n) is 9.95. The summed E-state index contributed by atoms with van der Waals surface area (Å²) in [5.74, 6) is 0. The molecule has 0 aliphatic carbocycles. The molecule has 0 atom stereocenters. The lowest BCUT2D eigenvalue weighted by Gasteiger charge is -2.35. The van der Waals surface area contributed by atoms with Crippen molar-refractivity contribution < 1.29 is 13.3 Å². The lowest BCUT2D eigenvalue weighted by atomic mass is 9.80. The molecule has 156 valence electrons. The lowest BCUT2D eigenvalue weighted by molar-refractivity contribution is -0.0216. The maximum atomic E-state index is 13.0. The topological polar surface area (TPSA) is 55.4 Å². The average molecular weight is 430 g/mol. The van der Waals surface area contributed by atoms with Gasteiger partial charge in [0.1, 0.15) is 0 Å². The largest absolute Gasteiger partial charge is 0.266 e. The number of hydrogen-bond acceptors (Lipinski definition) is 3. The molecule has 0 radical (unpaired) electrons. The quantitative estimate of drug-likeness (QED) is 0.325. The first-order valence-corrected chi connectivity index (χ1v) is 11.4. The summed E-state index contributed by atoms with van der Waals surface area (Å²) in [6.45, 7) is 1.91. The lowest BCUT2D eigenvalue weighted by Crippen LogP contribution is -2.40. The van der Waals surface area contributed by atoms with Gasteiger partial charge < -0.3 is 0 Å². The van der Waals surface area contributed by atoms with Crippen LogP contribution in [-0.4, -0.2) is 8.42 Å². The number of nitrogens with one attached hydrogen (secondary N) is 1. The van der Waals surface area contributed by atoms with Crippen molar-refractivity contribution in [3.05, 3.63) is 138 Å². The highest BCUT2D eigenvalue weighted by molar-refractivity contribution is 7.89. The van der Waals surface area contributed by atoms with Crippen molar-refractivity contribution in [2.45, 2.75) is 17.4 Å². The maximum absolute atomic E-state index is 13.0. The van der Waals surface area contributed by atoms with E-state index in [4.69, 9.17) is 4.84 Å². The van der Waals surface area contributed by atoms with Crippen LogP contribution in [-0.2, 0) is 20.5 Å². The highest BCUT2D eigenvalue weighted by atomic mass is 32.2. The molecule has 0 aromatic heterocycles. The highest BCUT2D eigenvalue weighted by Gasteiger charge is 2.39. The Balaban J connectivity index is 1.85. The van der Waals surface area contributed by atoms with Crippen LogP contribution in [0.4, 0.5) is 0 Å². The smallest absolute Gasteiger partial charge is 0.262 e. The SMILES string of the molecule is Cc1ccc(S(=O)(=O)NOC(c2ccccc2)(c2ccccc2)c2ccccc2)cc1. The number of hydrogen-bond donors (Lipinski definition) is 1. The number of sulfonamides is 1. The molecule has 4 rings (SSSR count). The minimum absolute atomic E-state index is 0.140. The third kappa shape index (κ3) is 4.30. The standard InChI is InChI=1S/C26H23NO3S/c1-21-17-19-25(20-18-21)31(28,29)27-30-26(22-11-5-2-6-12-22,23-13-7-3-8-14-23)24-15-9-4-10-16-24/h2-20,27H,1H3. The van der Waals surface area contributed by atoms with Gasteiger partial charge in [0, 0.05) is 0 Å². The van der Waals surface area contributed by atoms with E-state index in [1.807, 2.05) is 97.9 Å². The predicted molar refractivity (Wildman–Crippen MR) is 122 cm³/mol. The van der Waals surface area contributed by atoms with Crippen molar-refractivity contribution in [2.24, 2.45) is 0 Å². The molecule has 4 nitrogen and oxygen atoms in total. The van der Waals surface area contributed by atoms with Crippen LogP contribution >= 0.6 is 0 Å². The molecule has 0 aliphatic heterocycles. The molecular weight excluding hydrogens is 406 g/mol. The zero-order chi connectivity index (χ0) is 21.7. The van der Waals surface area contributed by atoms with E-state index in [9.17, 15) is 8.42 Å². The summed E-state index contributed by atoms with van der Waals surface area (Å²) in [7, 11) is -3.91. The van der Waals surface area contributed by atoms with Crippen LogP contribution in [0.25, 0.3) is 0 Å². The highest BCUT2D eigenvalue weighted by Crippen LogP contribution is 2.40. The monoisotopic (exact) mass is 429 g/mol. The molecular formula is C26H23NO3S. The van der Waals surface area contributed by atoms with Crippen molar-refractivity contribution in [3.8, 4) is 0 Å². The molecule has 0 unspecified atom stereocenters. The molecule has 0 aliphatic rings. The number of aryl methyl sites for hydroxylation is 1. The molecule has 5 heteroatoms. The molecule has 0 spiro atoms. The van der Waals surface area contributed by atoms with E-state index in [1.54, 1.807) is 24.3 Å². The second-order valence-corrected chi connectivity index (χ2v) is 8.93. The Morgan fingerprint density at radius 1 is 0.613 bits per heavy atom. The van der Waals surface area contributed by atoms with Gasteiger partial charge in [0.2, 0.25) is 0 Å². The van der Waals surface area contributed by atoms with Gasteiger partial charge in [0.15, 0.2) is 5.60 Å². The van der Waals surface area contributed by atoms with Gasteiger partial charge in [-0.1, -0.05) is 114 Å². The summed E-state index contributed by atoms with van der Waals surface area (Å²) in [6, 6.07) is 35.4. The zero-order valence-corrected chi connectivity index (χ0v) is 17.9. The normalized spacial score (nSPS) is 11.9. The summed E-state index contributed by atoms with van der Waals surface area (Å²) >= 11 is 0. The van der Waals surface area contributed by atoms with Crippen molar-refractivity contribution in [1.29, 1.82) is 0 Å². The Kier molecular flexibility index (Phi) is 6.00. The van der Waals surface area contributed by atoms with Gasteiger partial charge in [-0.15, -0.1) is 0 Å². The minimum Gasteiger partial charge on any atom is -0.266 e. The number of benzene rings is 4. The average Bonchev–Trinajstić information content (AvgIpc) is 2.82. The van der Waals surface area contributed by atoms with E-state index in [0.717, 1.165) is 22.3 Å². The van der Waals surface area contributed by atoms with E-state index in [0.29, 0.717) is 0 Å². The Labute approximate surface area is 183 Å². The molecule has 4 aromatic carbocycles. The minimum atomic E-state index is -3.91. The van der Waals surface area contributed by atoms with Crippen molar-refractivity contribution in [3.63, 3.8) is 0 Å². The molecule has 0 amide bonds. The summed E-state index contributed by atoms with van der Waals surface area (Å²) < 4.78 is 26.1. The van der Waals surface area contributed by atoms with Crippen molar-refractivity contribution in [2.75, 3.05) is 0 Å². The van der Waals surface area contributed by atoms with Crippen LogP contribution in [0.5, 0.6) is 0 Å². The van der Waals surface area contributed by atoms with Crippen molar-refractivity contribution in [1.82, 2.24) is 4.89 Å². The third-order valence-electron chi connectivity index (χ3n) is 5.18. The van der Waals surface area contributed by atoms with E-state index < -0.39 is 15.6 Å². The van der Waals surface area contributed by atoms with Crippen LogP contribution in [0.15, 0.2) is 120 Å². The second-order valence-electron chi connectivity index (χ2n) is 7.28. The van der Waals surface area contributed by atoms with E-state index >= 15 is 0 Å². The molecule has 0 saturated carbocycles. The van der Waals surface area contributed by atoms with Gasteiger partial charge in [-0.25, -0.2) is 8.42 Å². The summed E-state index contributed by atoms with van der Waals surface area (Å²) in [5, 5.41) is 0. The fourth-order valence-corrected chi connectivity index (χ4v) is 4.40. The van der Waals surface area contributed by atoms with Crippen LogP contribution in [0.1, 0.15) is 22.3 Å². The van der Waals surface area contributed by atoms with E-state index in [1.165, 1.54) is 0 Å². The fraction of sp³-hybridized carbons (Fsp3) is 0.0769. The van der Waals surface area contributed by atoms with Crippen LogP contribution in [0.3, 0.4) is 0 Å².